The van der Waals surface area contributed by atoms with Crippen molar-refractivity contribution < 1.29 is 9.90 Å². The van der Waals surface area contributed by atoms with E-state index in [9.17, 15) is 9.90 Å². The Balaban J connectivity index is 2.36. The van der Waals surface area contributed by atoms with Gasteiger partial charge in [0.2, 0.25) is 0 Å². The average Bonchev–Trinajstić information content (AvgIpc) is 2.77. The van der Waals surface area contributed by atoms with Gasteiger partial charge in [-0.05, 0) is 30.4 Å². The van der Waals surface area contributed by atoms with E-state index < -0.39 is 5.97 Å². The molecule has 0 spiro atoms. The summed E-state index contributed by atoms with van der Waals surface area (Å²) in [6.07, 6.45) is 1.71. The molecule has 0 radical (unpaired) electrons. The molecule has 1 fully saturated rings. The Kier molecular flexibility index (Phi) is 3.36. The monoisotopic (exact) mass is 233 g/mol. The Labute approximate surface area is 102 Å². The van der Waals surface area contributed by atoms with E-state index in [0.717, 1.165) is 25.1 Å². The number of carboxylic acid groups (broad SMARTS) is 1. The summed E-state index contributed by atoms with van der Waals surface area (Å²) in [5.41, 5.74) is 2.33. The summed E-state index contributed by atoms with van der Waals surface area (Å²) in [4.78, 5) is 13.3. The van der Waals surface area contributed by atoms with Crippen LogP contribution in [0.2, 0.25) is 0 Å². The summed E-state index contributed by atoms with van der Waals surface area (Å²) < 4.78 is 0. The summed E-state index contributed by atoms with van der Waals surface area (Å²) in [5.74, 6) is -0.290. The molecular weight excluding hydrogens is 214 g/mol. The van der Waals surface area contributed by atoms with Crippen LogP contribution in [0, 0.1) is 0 Å². The van der Waals surface area contributed by atoms with E-state index in [1.54, 1.807) is 0 Å². The van der Waals surface area contributed by atoms with Crippen molar-refractivity contribution in [2.75, 3.05) is 11.4 Å². The largest absolute Gasteiger partial charge is 0.480 e. The highest BCUT2D eigenvalue weighted by Crippen LogP contribution is 2.32. The first kappa shape index (κ1) is 12.0. The van der Waals surface area contributed by atoms with Crippen LogP contribution in [0.25, 0.3) is 0 Å². The molecule has 1 aliphatic rings. The van der Waals surface area contributed by atoms with Gasteiger partial charge in [-0.3, -0.25) is 0 Å². The Bertz CT molecular complexity index is 414. The lowest BCUT2D eigenvalue weighted by Crippen LogP contribution is -2.36. The van der Waals surface area contributed by atoms with Gasteiger partial charge in [0.05, 0.1) is 0 Å². The van der Waals surface area contributed by atoms with Crippen LogP contribution < -0.4 is 4.90 Å². The third-order valence-corrected chi connectivity index (χ3v) is 3.41. The number of hydrogen-bond acceptors (Lipinski definition) is 2. The fraction of sp³-hybridized carbons (Fsp3) is 0.500. The van der Waals surface area contributed by atoms with Crippen molar-refractivity contribution >= 4 is 11.7 Å². The van der Waals surface area contributed by atoms with Gasteiger partial charge in [0.15, 0.2) is 0 Å². The standard InChI is InChI=1S/C14H19NO2/c1-10(2)11-6-3-4-7-12(11)15-9-5-8-13(15)14(16)17/h3-4,6-7,10,13H,5,8-9H2,1-2H3,(H,16,17). The van der Waals surface area contributed by atoms with Crippen LogP contribution in [0.3, 0.4) is 0 Å². The number of rotatable bonds is 3. The van der Waals surface area contributed by atoms with Gasteiger partial charge in [-0.2, -0.15) is 0 Å². The first-order valence-corrected chi connectivity index (χ1v) is 6.19. The Morgan fingerprint density at radius 1 is 1.41 bits per heavy atom. The van der Waals surface area contributed by atoms with Crippen molar-refractivity contribution in [2.24, 2.45) is 0 Å². The topological polar surface area (TPSA) is 40.5 Å². The fourth-order valence-corrected chi connectivity index (χ4v) is 2.55. The molecule has 1 heterocycles. The Morgan fingerprint density at radius 3 is 2.76 bits per heavy atom. The number of hydrogen-bond donors (Lipinski definition) is 1. The Hall–Kier alpha value is -1.51. The van der Waals surface area contributed by atoms with Crippen LogP contribution >= 0.6 is 0 Å². The second-order valence-electron chi connectivity index (χ2n) is 4.90. The maximum absolute atomic E-state index is 11.2. The summed E-state index contributed by atoms with van der Waals surface area (Å²) in [5, 5.41) is 9.23. The maximum atomic E-state index is 11.2. The van der Waals surface area contributed by atoms with Crippen LogP contribution in [0.1, 0.15) is 38.2 Å². The van der Waals surface area contributed by atoms with Crippen molar-refractivity contribution in [1.29, 1.82) is 0 Å². The highest BCUT2D eigenvalue weighted by molar-refractivity contribution is 5.79. The number of benzene rings is 1. The smallest absolute Gasteiger partial charge is 0.326 e. The minimum Gasteiger partial charge on any atom is -0.480 e. The van der Waals surface area contributed by atoms with E-state index in [4.69, 9.17) is 0 Å². The van der Waals surface area contributed by atoms with Crippen molar-refractivity contribution in [3.8, 4) is 0 Å². The lowest BCUT2D eigenvalue weighted by molar-refractivity contribution is -0.138. The number of anilines is 1. The van der Waals surface area contributed by atoms with Crippen LogP contribution in [0.4, 0.5) is 5.69 Å². The predicted molar refractivity (Wildman–Crippen MR) is 68.5 cm³/mol. The SMILES string of the molecule is CC(C)c1ccccc1N1CCCC1C(=O)O. The second-order valence-corrected chi connectivity index (χ2v) is 4.90. The highest BCUT2D eigenvalue weighted by atomic mass is 16.4. The molecule has 3 heteroatoms. The molecule has 0 amide bonds. The molecule has 1 aromatic rings. The van der Waals surface area contributed by atoms with Gasteiger partial charge in [0.1, 0.15) is 6.04 Å². The van der Waals surface area contributed by atoms with Crippen molar-refractivity contribution in [3.05, 3.63) is 29.8 Å². The normalized spacial score (nSPS) is 19.9. The molecule has 1 aromatic carbocycles. The van der Waals surface area contributed by atoms with Crippen molar-refractivity contribution in [2.45, 2.75) is 38.6 Å². The van der Waals surface area contributed by atoms with Crippen LogP contribution in [-0.4, -0.2) is 23.7 Å². The third kappa shape index (κ3) is 2.28. The summed E-state index contributed by atoms with van der Waals surface area (Å²) in [6, 6.07) is 7.78. The van der Waals surface area contributed by atoms with E-state index >= 15 is 0 Å². The predicted octanol–water partition coefficient (Wildman–Crippen LogP) is 2.86. The molecule has 1 aliphatic heterocycles. The number of aliphatic carboxylic acids is 1. The lowest BCUT2D eigenvalue weighted by Gasteiger charge is -2.27. The zero-order valence-corrected chi connectivity index (χ0v) is 10.4. The minimum atomic E-state index is -0.707. The molecule has 1 atom stereocenters. The zero-order valence-electron chi connectivity index (χ0n) is 10.4. The molecule has 1 saturated heterocycles. The third-order valence-electron chi connectivity index (χ3n) is 3.41. The Morgan fingerprint density at radius 2 is 2.12 bits per heavy atom. The van der Waals surface area contributed by atoms with Crippen LogP contribution in [0.5, 0.6) is 0 Å². The van der Waals surface area contributed by atoms with Crippen LogP contribution in [0.15, 0.2) is 24.3 Å². The lowest BCUT2D eigenvalue weighted by atomic mass is 10.00. The molecule has 1 unspecified atom stereocenters. The molecule has 0 saturated carbocycles. The molecule has 0 aliphatic carbocycles. The molecular formula is C14H19NO2. The molecule has 0 bridgehead atoms. The highest BCUT2D eigenvalue weighted by Gasteiger charge is 2.31. The van der Waals surface area contributed by atoms with Crippen LogP contribution in [-0.2, 0) is 4.79 Å². The average molecular weight is 233 g/mol. The molecule has 92 valence electrons. The first-order chi connectivity index (χ1) is 8.11. The number of carboxylic acids is 1. The van der Waals surface area contributed by atoms with Gasteiger partial charge in [-0.1, -0.05) is 32.0 Å². The van der Waals surface area contributed by atoms with E-state index in [1.165, 1.54) is 5.56 Å². The maximum Gasteiger partial charge on any atom is 0.326 e. The van der Waals surface area contributed by atoms with Crippen molar-refractivity contribution in [3.63, 3.8) is 0 Å². The van der Waals surface area contributed by atoms with E-state index in [-0.39, 0.29) is 6.04 Å². The second kappa shape index (κ2) is 4.78. The summed E-state index contributed by atoms with van der Waals surface area (Å²) in [7, 11) is 0. The summed E-state index contributed by atoms with van der Waals surface area (Å²) >= 11 is 0. The van der Waals surface area contributed by atoms with Gasteiger partial charge in [0.25, 0.3) is 0 Å². The molecule has 0 aromatic heterocycles. The first-order valence-electron chi connectivity index (χ1n) is 6.19. The van der Waals surface area contributed by atoms with E-state index in [1.807, 2.05) is 23.1 Å². The van der Waals surface area contributed by atoms with Gasteiger partial charge >= 0.3 is 5.97 Å². The zero-order chi connectivity index (χ0) is 12.4. The van der Waals surface area contributed by atoms with Crippen molar-refractivity contribution in [1.82, 2.24) is 0 Å². The number of para-hydroxylation sites is 1. The van der Waals surface area contributed by atoms with E-state index in [2.05, 4.69) is 19.9 Å². The summed E-state index contributed by atoms with van der Waals surface area (Å²) in [6.45, 7) is 5.13. The number of nitrogens with zero attached hydrogens (tertiary/aromatic N) is 1. The molecule has 17 heavy (non-hydrogen) atoms. The minimum absolute atomic E-state index is 0.352. The quantitative estimate of drug-likeness (QED) is 0.872. The molecule has 3 nitrogen and oxygen atoms in total. The van der Waals surface area contributed by atoms with Gasteiger partial charge < -0.3 is 10.0 Å². The molecule has 1 N–H and O–H groups in total. The van der Waals surface area contributed by atoms with Gasteiger partial charge in [-0.25, -0.2) is 4.79 Å². The van der Waals surface area contributed by atoms with Gasteiger partial charge in [-0.15, -0.1) is 0 Å². The number of carbonyl (C=O) groups is 1. The van der Waals surface area contributed by atoms with E-state index in [0.29, 0.717) is 5.92 Å². The van der Waals surface area contributed by atoms with Gasteiger partial charge in [0, 0.05) is 12.2 Å². The molecule has 2 rings (SSSR count). The fourth-order valence-electron chi connectivity index (χ4n) is 2.55.